The smallest absolute Gasteiger partial charge is 0.136 e. The average Bonchev–Trinajstić information content (AvgIpc) is 2.23. The third kappa shape index (κ3) is 2.32. The van der Waals surface area contributed by atoms with Crippen LogP contribution in [0.4, 0.5) is 5.69 Å². The summed E-state index contributed by atoms with van der Waals surface area (Å²) < 4.78 is 0. The molecule has 3 heteroatoms. The Morgan fingerprint density at radius 3 is 2.53 bits per heavy atom. The number of aryl methyl sites for hydroxylation is 1. The number of nitrogens with zero attached hydrogens (tertiary/aromatic N) is 1. The highest BCUT2D eigenvalue weighted by atomic mass is 35.5. The van der Waals surface area contributed by atoms with Gasteiger partial charge in [-0.3, -0.25) is 4.79 Å². The number of benzene rings is 1. The van der Waals surface area contributed by atoms with Gasteiger partial charge in [-0.2, -0.15) is 0 Å². The van der Waals surface area contributed by atoms with Gasteiger partial charge < -0.3 is 4.90 Å². The van der Waals surface area contributed by atoms with Crippen LogP contribution in [0.15, 0.2) is 18.2 Å². The Labute approximate surface area is 94.8 Å². The highest BCUT2D eigenvalue weighted by Gasteiger charge is 2.16. The number of carbonyl (C=O) groups excluding carboxylic acids is 1. The lowest BCUT2D eigenvalue weighted by Gasteiger charge is -2.28. The molecule has 2 rings (SSSR count). The van der Waals surface area contributed by atoms with Gasteiger partial charge in [0, 0.05) is 36.6 Å². The van der Waals surface area contributed by atoms with Gasteiger partial charge in [-0.25, -0.2) is 0 Å². The van der Waals surface area contributed by atoms with E-state index in [4.69, 9.17) is 11.6 Å². The minimum atomic E-state index is 0.365. The van der Waals surface area contributed by atoms with Crippen molar-refractivity contribution in [3.63, 3.8) is 0 Å². The maximum atomic E-state index is 11.1. The molecule has 0 atom stereocenters. The van der Waals surface area contributed by atoms with Crippen molar-refractivity contribution in [3.05, 3.63) is 28.8 Å². The monoisotopic (exact) mass is 223 g/mol. The van der Waals surface area contributed by atoms with E-state index in [1.54, 1.807) is 0 Å². The molecule has 1 saturated heterocycles. The number of hydrogen-bond acceptors (Lipinski definition) is 2. The lowest BCUT2D eigenvalue weighted by atomic mass is 10.1. The van der Waals surface area contributed by atoms with Crippen molar-refractivity contribution < 1.29 is 4.79 Å². The lowest BCUT2D eigenvalue weighted by Crippen LogP contribution is -2.33. The van der Waals surface area contributed by atoms with Crippen LogP contribution in [0, 0.1) is 6.92 Å². The van der Waals surface area contributed by atoms with Gasteiger partial charge in [0.2, 0.25) is 0 Å². The Morgan fingerprint density at radius 1 is 1.27 bits per heavy atom. The average molecular weight is 224 g/mol. The third-order valence-corrected chi connectivity index (χ3v) is 3.25. The van der Waals surface area contributed by atoms with Crippen molar-refractivity contribution in [1.29, 1.82) is 0 Å². The highest BCUT2D eigenvalue weighted by Crippen LogP contribution is 2.24. The van der Waals surface area contributed by atoms with Crippen LogP contribution >= 0.6 is 11.6 Å². The minimum absolute atomic E-state index is 0.365. The second-order valence-electron chi connectivity index (χ2n) is 3.96. The number of anilines is 1. The molecule has 1 aromatic rings. The Morgan fingerprint density at radius 2 is 1.93 bits per heavy atom. The largest absolute Gasteiger partial charge is 0.371 e. The highest BCUT2D eigenvalue weighted by molar-refractivity contribution is 6.31. The SMILES string of the molecule is Cc1ccc(N2CCC(=O)CC2)cc1Cl. The molecule has 0 aliphatic carbocycles. The zero-order chi connectivity index (χ0) is 10.8. The molecule has 1 aromatic carbocycles. The van der Waals surface area contributed by atoms with Crippen LogP contribution in [0.5, 0.6) is 0 Å². The van der Waals surface area contributed by atoms with Crippen LogP contribution in [0.2, 0.25) is 5.02 Å². The molecule has 1 heterocycles. The third-order valence-electron chi connectivity index (χ3n) is 2.84. The molecule has 80 valence electrons. The van der Waals surface area contributed by atoms with Crippen molar-refractivity contribution in [1.82, 2.24) is 0 Å². The summed E-state index contributed by atoms with van der Waals surface area (Å²) in [5, 5.41) is 0.796. The summed E-state index contributed by atoms with van der Waals surface area (Å²) in [5.74, 6) is 0.365. The number of halogens is 1. The van der Waals surface area contributed by atoms with Crippen molar-refractivity contribution in [2.24, 2.45) is 0 Å². The van der Waals surface area contributed by atoms with Gasteiger partial charge in [-0.1, -0.05) is 17.7 Å². The van der Waals surface area contributed by atoms with Crippen molar-refractivity contribution in [2.75, 3.05) is 18.0 Å². The fraction of sp³-hybridized carbons (Fsp3) is 0.417. The second kappa shape index (κ2) is 4.23. The molecule has 0 amide bonds. The normalized spacial score (nSPS) is 16.9. The predicted octanol–water partition coefficient (Wildman–Crippen LogP) is 2.82. The lowest BCUT2D eigenvalue weighted by molar-refractivity contribution is -0.119. The second-order valence-corrected chi connectivity index (χ2v) is 4.37. The Kier molecular flexibility index (Phi) is 2.96. The van der Waals surface area contributed by atoms with Crippen LogP contribution < -0.4 is 4.90 Å². The van der Waals surface area contributed by atoms with Gasteiger partial charge in [-0.15, -0.1) is 0 Å². The van der Waals surface area contributed by atoms with E-state index in [9.17, 15) is 4.79 Å². The van der Waals surface area contributed by atoms with Gasteiger partial charge in [0.1, 0.15) is 5.78 Å². The van der Waals surface area contributed by atoms with Crippen molar-refractivity contribution >= 4 is 23.1 Å². The number of piperidine rings is 1. The van der Waals surface area contributed by atoms with Crippen LogP contribution in [-0.4, -0.2) is 18.9 Å². The van der Waals surface area contributed by atoms with E-state index >= 15 is 0 Å². The maximum Gasteiger partial charge on any atom is 0.136 e. The van der Waals surface area contributed by atoms with E-state index in [0.717, 1.165) is 29.4 Å². The first-order valence-corrected chi connectivity index (χ1v) is 5.57. The summed E-state index contributed by atoms with van der Waals surface area (Å²) in [6.45, 7) is 3.63. The summed E-state index contributed by atoms with van der Waals surface area (Å²) in [5.41, 5.74) is 2.21. The van der Waals surface area contributed by atoms with Gasteiger partial charge in [0.25, 0.3) is 0 Å². The quantitative estimate of drug-likeness (QED) is 0.730. The Balaban J connectivity index is 2.16. The topological polar surface area (TPSA) is 20.3 Å². The maximum absolute atomic E-state index is 11.1. The zero-order valence-electron chi connectivity index (χ0n) is 8.79. The van der Waals surface area contributed by atoms with Gasteiger partial charge in [0.15, 0.2) is 0 Å². The number of rotatable bonds is 1. The summed E-state index contributed by atoms with van der Waals surface area (Å²) in [4.78, 5) is 13.3. The van der Waals surface area contributed by atoms with E-state index in [1.165, 1.54) is 0 Å². The molecule has 0 aromatic heterocycles. The first-order valence-electron chi connectivity index (χ1n) is 5.19. The van der Waals surface area contributed by atoms with E-state index in [0.29, 0.717) is 18.6 Å². The Hall–Kier alpha value is -1.02. The Bertz CT molecular complexity index is 379. The predicted molar refractivity (Wildman–Crippen MR) is 62.6 cm³/mol. The fourth-order valence-electron chi connectivity index (χ4n) is 1.79. The molecule has 2 nitrogen and oxygen atoms in total. The molecule has 0 saturated carbocycles. The molecule has 0 spiro atoms. The minimum Gasteiger partial charge on any atom is -0.371 e. The number of ketones is 1. The number of Topliss-reactive ketones (excluding diaryl/α,β-unsaturated/α-hetero) is 1. The van der Waals surface area contributed by atoms with E-state index < -0.39 is 0 Å². The van der Waals surface area contributed by atoms with Crippen LogP contribution in [0.1, 0.15) is 18.4 Å². The van der Waals surface area contributed by atoms with Crippen LogP contribution in [0.3, 0.4) is 0 Å². The summed E-state index contributed by atoms with van der Waals surface area (Å²) >= 11 is 6.07. The number of carbonyl (C=O) groups is 1. The van der Waals surface area contributed by atoms with E-state index in [1.807, 2.05) is 19.1 Å². The molecule has 1 aliphatic heterocycles. The van der Waals surface area contributed by atoms with Gasteiger partial charge in [0.05, 0.1) is 0 Å². The first kappa shape index (κ1) is 10.5. The molecule has 0 radical (unpaired) electrons. The van der Waals surface area contributed by atoms with Crippen molar-refractivity contribution in [3.8, 4) is 0 Å². The van der Waals surface area contributed by atoms with Gasteiger partial charge in [-0.05, 0) is 24.6 Å². The molecule has 0 bridgehead atoms. The van der Waals surface area contributed by atoms with Gasteiger partial charge >= 0.3 is 0 Å². The van der Waals surface area contributed by atoms with Crippen LogP contribution in [-0.2, 0) is 4.79 Å². The van der Waals surface area contributed by atoms with Crippen LogP contribution in [0.25, 0.3) is 0 Å². The molecular formula is C12H14ClNO. The molecule has 15 heavy (non-hydrogen) atoms. The summed E-state index contributed by atoms with van der Waals surface area (Å²) in [6, 6.07) is 6.07. The van der Waals surface area contributed by atoms with Crippen molar-refractivity contribution in [2.45, 2.75) is 19.8 Å². The standard InChI is InChI=1S/C12H14ClNO/c1-9-2-3-10(8-12(9)13)14-6-4-11(15)5-7-14/h2-3,8H,4-7H2,1H3. The molecule has 0 unspecified atom stereocenters. The van der Waals surface area contributed by atoms with E-state index in [2.05, 4.69) is 11.0 Å². The number of hydrogen-bond donors (Lipinski definition) is 0. The molecule has 1 aliphatic rings. The molecule has 1 fully saturated rings. The fourth-order valence-corrected chi connectivity index (χ4v) is 1.97. The molecular weight excluding hydrogens is 210 g/mol. The summed E-state index contributed by atoms with van der Waals surface area (Å²) in [7, 11) is 0. The first-order chi connectivity index (χ1) is 7.16. The summed E-state index contributed by atoms with van der Waals surface area (Å²) in [6.07, 6.45) is 1.32. The molecule has 0 N–H and O–H groups in total. The zero-order valence-corrected chi connectivity index (χ0v) is 9.55. The van der Waals surface area contributed by atoms with E-state index in [-0.39, 0.29) is 0 Å².